The molecule has 0 aliphatic carbocycles. The Kier molecular flexibility index (Phi) is 5.47. The summed E-state index contributed by atoms with van der Waals surface area (Å²) in [7, 11) is 1.65. The summed E-state index contributed by atoms with van der Waals surface area (Å²) in [6.45, 7) is 0.508. The Morgan fingerprint density at radius 3 is 2.26 bits per heavy atom. The molecular weight excluding hydrogens is 342 g/mol. The second-order valence-electron chi connectivity index (χ2n) is 6.03. The van der Waals surface area contributed by atoms with Crippen LogP contribution in [0.5, 0.6) is 0 Å². The molecule has 0 fully saturated rings. The molecule has 0 saturated heterocycles. The summed E-state index contributed by atoms with van der Waals surface area (Å²) in [5.41, 5.74) is 2.45. The minimum atomic E-state index is -0.500. The zero-order valence-electron chi connectivity index (χ0n) is 14.8. The van der Waals surface area contributed by atoms with Gasteiger partial charge in [0.15, 0.2) is 0 Å². The zero-order chi connectivity index (χ0) is 19.2. The normalized spacial score (nSPS) is 10.3. The SMILES string of the molecule is CN(C(=O)c1cc([N+](=O)[O-])ccc1NCc1ccccc1)c1ccccc1. The molecule has 0 aliphatic heterocycles. The summed E-state index contributed by atoms with van der Waals surface area (Å²) < 4.78 is 0. The smallest absolute Gasteiger partial charge is 0.270 e. The first-order valence-electron chi connectivity index (χ1n) is 8.45. The Morgan fingerprint density at radius 2 is 1.63 bits per heavy atom. The van der Waals surface area contributed by atoms with Gasteiger partial charge >= 0.3 is 0 Å². The molecule has 1 amide bonds. The number of amides is 1. The second-order valence-corrected chi connectivity index (χ2v) is 6.03. The number of carbonyl (C=O) groups is 1. The molecule has 0 aliphatic rings. The Bertz CT molecular complexity index is 943. The Labute approximate surface area is 157 Å². The highest BCUT2D eigenvalue weighted by atomic mass is 16.6. The van der Waals surface area contributed by atoms with Crippen molar-refractivity contribution in [2.24, 2.45) is 0 Å². The van der Waals surface area contributed by atoms with Gasteiger partial charge in [-0.15, -0.1) is 0 Å². The van der Waals surface area contributed by atoms with Gasteiger partial charge in [-0.25, -0.2) is 0 Å². The largest absolute Gasteiger partial charge is 0.380 e. The van der Waals surface area contributed by atoms with Gasteiger partial charge in [-0.1, -0.05) is 48.5 Å². The number of nitro groups is 1. The van der Waals surface area contributed by atoms with Crippen LogP contribution in [0.25, 0.3) is 0 Å². The lowest BCUT2D eigenvalue weighted by Crippen LogP contribution is -2.27. The molecule has 0 bridgehead atoms. The van der Waals surface area contributed by atoms with Gasteiger partial charge in [0, 0.05) is 37.1 Å². The van der Waals surface area contributed by atoms with Crippen molar-refractivity contribution < 1.29 is 9.72 Å². The minimum absolute atomic E-state index is 0.120. The second kappa shape index (κ2) is 8.14. The van der Waals surface area contributed by atoms with E-state index in [1.807, 2.05) is 60.7 Å². The van der Waals surface area contributed by atoms with Crippen LogP contribution in [-0.2, 0) is 6.54 Å². The highest BCUT2D eigenvalue weighted by Crippen LogP contribution is 2.26. The van der Waals surface area contributed by atoms with Crippen LogP contribution in [0.1, 0.15) is 15.9 Å². The third-order valence-corrected chi connectivity index (χ3v) is 4.22. The van der Waals surface area contributed by atoms with Crippen LogP contribution in [0.2, 0.25) is 0 Å². The van der Waals surface area contributed by atoms with Crippen LogP contribution in [0.4, 0.5) is 17.1 Å². The number of nitro benzene ring substituents is 1. The maximum absolute atomic E-state index is 13.0. The molecule has 3 rings (SSSR count). The number of anilines is 2. The van der Waals surface area contributed by atoms with Crippen LogP contribution < -0.4 is 10.2 Å². The van der Waals surface area contributed by atoms with Crippen LogP contribution in [0.15, 0.2) is 78.9 Å². The number of non-ortho nitro benzene ring substituents is 1. The van der Waals surface area contributed by atoms with Crippen molar-refractivity contribution in [2.45, 2.75) is 6.54 Å². The number of nitrogens with one attached hydrogen (secondary N) is 1. The van der Waals surface area contributed by atoms with Gasteiger partial charge in [0.2, 0.25) is 0 Å². The summed E-state index contributed by atoms with van der Waals surface area (Å²) in [6.07, 6.45) is 0. The quantitative estimate of drug-likeness (QED) is 0.519. The van der Waals surface area contributed by atoms with Crippen molar-refractivity contribution in [3.05, 3.63) is 100 Å². The predicted octanol–water partition coefficient (Wildman–Crippen LogP) is 4.48. The molecule has 6 nitrogen and oxygen atoms in total. The van der Waals surface area contributed by atoms with Crippen LogP contribution in [0.3, 0.4) is 0 Å². The zero-order valence-corrected chi connectivity index (χ0v) is 14.8. The highest BCUT2D eigenvalue weighted by molar-refractivity contribution is 6.09. The third kappa shape index (κ3) is 4.30. The summed E-state index contributed by atoms with van der Waals surface area (Å²) in [5, 5.41) is 14.4. The predicted molar refractivity (Wildman–Crippen MR) is 106 cm³/mol. The van der Waals surface area contributed by atoms with Gasteiger partial charge in [0.25, 0.3) is 11.6 Å². The van der Waals surface area contributed by atoms with E-state index < -0.39 is 4.92 Å². The van der Waals surface area contributed by atoms with Crippen molar-refractivity contribution in [1.29, 1.82) is 0 Å². The molecule has 0 spiro atoms. The molecular formula is C21H19N3O3. The number of rotatable bonds is 6. The highest BCUT2D eigenvalue weighted by Gasteiger charge is 2.20. The van der Waals surface area contributed by atoms with E-state index in [1.54, 1.807) is 13.1 Å². The first-order valence-corrected chi connectivity index (χ1v) is 8.45. The van der Waals surface area contributed by atoms with Gasteiger partial charge in [-0.2, -0.15) is 0 Å². The van der Waals surface area contributed by atoms with E-state index in [0.29, 0.717) is 17.9 Å². The lowest BCUT2D eigenvalue weighted by Gasteiger charge is -2.19. The molecule has 0 heterocycles. The molecule has 27 heavy (non-hydrogen) atoms. The first-order chi connectivity index (χ1) is 13.1. The number of para-hydroxylation sites is 1. The molecule has 0 atom stereocenters. The van der Waals surface area contributed by atoms with E-state index in [4.69, 9.17) is 0 Å². The summed E-state index contributed by atoms with van der Waals surface area (Å²) in [4.78, 5) is 25.2. The molecule has 1 N–H and O–H groups in total. The van der Waals surface area contributed by atoms with Crippen molar-refractivity contribution >= 4 is 23.0 Å². The molecule has 0 radical (unpaired) electrons. The van der Waals surface area contributed by atoms with E-state index in [9.17, 15) is 14.9 Å². The standard InChI is InChI=1S/C21H19N3O3/c1-23(17-10-6-3-7-11-17)21(25)19-14-18(24(26)27)12-13-20(19)22-15-16-8-4-2-5-9-16/h2-14,22H,15H2,1H3. The monoisotopic (exact) mass is 361 g/mol. The number of nitrogens with zero attached hydrogens (tertiary/aromatic N) is 2. The maximum Gasteiger partial charge on any atom is 0.270 e. The number of carbonyl (C=O) groups excluding carboxylic acids is 1. The van der Waals surface area contributed by atoms with Crippen molar-refractivity contribution in [3.63, 3.8) is 0 Å². The van der Waals surface area contributed by atoms with Gasteiger partial charge < -0.3 is 10.2 Å². The van der Waals surface area contributed by atoms with Gasteiger partial charge in [-0.3, -0.25) is 14.9 Å². The first kappa shape index (κ1) is 18.1. The average Bonchev–Trinajstić information content (AvgIpc) is 2.72. The summed E-state index contributed by atoms with van der Waals surface area (Å²) in [6, 6.07) is 23.2. The fraction of sp³-hybridized carbons (Fsp3) is 0.0952. The number of hydrogen-bond acceptors (Lipinski definition) is 4. The summed E-state index contributed by atoms with van der Waals surface area (Å²) >= 11 is 0. The molecule has 0 saturated carbocycles. The van der Waals surface area contributed by atoms with Gasteiger partial charge in [-0.05, 0) is 23.8 Å². The van der Waals surface area contributed by atoms with Crippen LogP contribution in [-0.4, -0.2) is 17.9 Å². The number of benzene rings is 3. The molecule has 3 aromatic rings. The van der Waals surface area contributed by atoms with Crippen molar-refractivity contribution in [1.82, 2.24) is 0 Å². The van der Waals surface area contributed by atoms with Crippen molar-refractivity contribution in [3.8, 4) is 0 Å². The van der Waals surface area contributed by atoms with E-state index in [1.165, 1.54) is 17.0 Å². The molecule has 6 heteroatoms. The van der Waals surface area contributed by atoms with Gasteiger partial charge in [0.05, 0.1) is 10.5 Å². The lowest BCUT2D eigenvalue weighted by molar-refractivity contribution is -0.384. The molecule has 0 aromatic heterocycles. The fourth-order valence-electron chi connectivity index (χ4n) is 2.72. The lowest BCUT2D eigenvalue weighted by atomic mass is 10.1. The van der Waals surface area contributed by atoms with E-state index in [2.05, 4.69) is 5.32 Å². The topological polar surface area (TPSA) is 75.5 Å². The minimum Gasteiger partial charge on any atom is -0.380 e. The van der Waals surface area contributed by atoms with Gasteiger partial charge in [0.1, 0.15) is 0 Å². The Balaban J connectivity index is 1.91. The van der Waals surface area contributed by atoms with Crippen molar-refractivity contribution in [2.75, 3.05) is 17.3 Å². The maximum atomic E-state index is 13.0. The summed E-state index contributed by atoms with van der Waals surface area (Å²) in [5.74, 6) is -0.319. The average molecular weight is 361 g/mol. The molecule has 3 aromatic carbocycles. The Hall–Kier alpha value is -3.67. The fourth-order valence-corrected chi connectivity index (χ4v) is 2.72. The molecule has 0 unspecified atom stereocenters. The molecule has 136 valence electrons. The van der Waals surface area contributed by atoms with Crippen LogP contribution in [0, 0.1) is 10.1 Å². The Morgan fingerprint density at radius 1 is 1.00 bits per heavy atom. The van der Waals surface area contributed by atoms with E-state index in [-0.39, 0.29) is 17.2 Å². The van der Waals surface area contributed by atoms with E-state index in [0.717, 1.165) is 5.56 Å². The van der Waals surface area contributed by atoms with Crippen LogP contribution >= 0.6 is 0 Å². The van der Waals surface area contributed by atoms with E-state index >= 15 is 0 Å². The third-order valence-electron chi connectivity index (χ3n) is 4.22. The number of hydrogen-bond donors (Lipinski definition) is 1.